The van der Waals surface area contributed by atoms with Crippen LogP contribution in [-0.4, -0.2) is 52.9 Å². The zero-order chi connectivity index (χ0) is 17.8. The van der Waals surface area contributed by atoms with Gasteiger partial charge in [0, 0.05) is 32.7 Å². The first-order valence-corrected chi connectivity index (χ1v) is 8.99. The predicted octanol–water partition coefficient (Wildman–Crippen LogP) is 1.80. The molecule has 1 aliphatic rings. The zero-order valence-corrected chi connectivity index (χ0v) is 15.7. The highest BCUT2D eigenvalue weighted by Gasteiger charge is 2.20. The summed E-state index contributed by atoms with van der Waals surface area (Å²) < 4.78 is 0.636. The number of halogens is 2. The lowest BCUT2D eigenvalue weighted by Crippen LogP contribution is -2.46. The maximum absolute atomic E-state index is 12.5. The molecule has 1 aliphatic heterocycles. The SMILES string of the molecule is O=C(NCc1ccc(C(=O)N2CCNCC2)c(Cl)c1)c1ncc(Br)[nH]1. The molecule has 2 heterocycles. The van der Waals surface area contributed by atoms with E-state index in [1.54, 1.807) is 23.1 Å². The number of rotatable bonds is 4. The van der Waals surface area contributed by atoms with Gasteiger partial charge in [-0.25, -0.2) is 4.98 Å². The van der Waals surface area contributed by atoms with E-state index in [9.17, 15) is 9.59 Å². The summed E-state index contributed by atoms with van der Waals surface area (Å²) in [6, 6.07) is 5.20. The molecule has 3 rings (SSSR count). The Bertz CT molecular complexity index is 789. The van der Waals surface area contributed by atoms with E-state index in [2.05, 4.69) is 36.5 Å². The molecule has 0 spiro atoms. The van der Waals surface area contributed by atoms with Crippen LogP contribution in [0.5, 0.6) is 0 Å². The average molecular weight is 427 g/mol. The maximum Gasteiger partial charge on any atom is 0.287 e. The lowest BCUT2D eigenvalue weighted by atomic mass is 10.1. The van der Waals surface area contributed by atoms with Gasteiger partial charge < -0.3 is 20.5 Å². The van der Waals surface area contributed by atoms with Crippen LogP contribution in [0.4, 0.5) is 0 Å². The van der Waals surface area contributed by atoms with Crippen molar-refractivity contribution in [2.24, 2.45) is 0 Å². The zero-order valence-electron chi connectivity index (χ0n) is 13.3. The number of nitrogens with one attached hydrogen (secondary N) is 3. The molecule has 132 valence electrons. The number of hydrogen-bond acceptors (Lipinski definition) is 4. The number of nitrogens with zero attached hydrogens (tertiary/aromatic N) is 2. The van der Waals surface area contributed by atoms with Gasteiger partial charge in [0.1, 0.15) is 4.60 Å². The van der Waals surface area contributed by atoms with E-state index in [-0.39, 0.29) is 17.6 Å². The molecule has 0 unspecified atom stereocenters. The number of benzene rings is 1. The van der Waals surface area contributed by atoms with Crippen LogP contribution >= 0.6 is 27.5 Å². The Morgan fingerprint density at radius 2 is 2.08 bits per heavy atom. The van der Waals surface area contributed by atoms with Gasteiger partial charge in [0.25, 0.3) is 11.8 Å². The summed E-state index contributed by atoms with van der Waals surface area (Å²) >= 11 is 9.48. The van der Waals surface area contributed by atoms with Gasteiger partial charge in [-0.1, -0.05) is 17.7 Å². The first-order valence-electron chi connectivity index (χ1n) is 7.82. The number of amides is 2. The lowest BCUT2D eigenvalue weighted by Gasteiger charge is -2.27. The van der Waals surface area contributed by atoms with Gasteiger partial charge in [-0.2, -0.15) is 0 Å². The fourth-order valence-electron chi connectivity index (χ4n) is 2.56. The third-order valence-electron chi connectivity index (χ3n) is 3.88. The Morgan fingerprint density at radius 1 is 1.32 bits per heavy atom. The average Bonchev–Trinajstić information content (AvgIpc) is 3.06. The van der Waals surface area contributed by atoms with Crippen LogP contribution in [0.1, 0.15) is 26.5 Å². The van der Waals surface area contributed by atoms with E-state index in [0.717, 1.165) is 18.7 Å². The molecule has 2 amide bonds. The van der Waals surface area contributed by atoms with Crippen LogP contribution in [0.15, 0.2) is 29.0 Å². The molecule has 2 aromatic rings. The second-order valence-corrected chi connectivity index (χ2v) is 6.88. The van der Waals surface area contributed by atoms with Crippen LogP contribution in [0.2, 0.25) is 5.02 Å². The van der Waals surface area contributed by atoms with E-state index < -0.39 is 0 Å². The molecule has 25 heavy (non-hydrogen) atoms. The summed E-state index contributed by atoms with van der Waals surface area (Å²) in [5.41, 5.74) is 1.29. The van der Waals surface area contributed by atoms with Crippen LogP contribution in [-0.2, 0) is 6.54 Å². The maximum atomic E-state index is 12.5. The molecule has 1 fully saturated rings. The van der Waals surface area contributed by atoms with E-state index in [0.29, 0.717) is 34.8 Å². The highest BCUT2D eigenvalue weighted by Crippen LogP contribution is 2.20. The Hall–Kier alpha value is -1.90. The first kappa shape index (κ1) is 17.9. The monoisotopic (exact) mass is 425 g/mol. The van der Waals surface area contributed by atoms with E-state index >= 15 is 0 Å². The van der Waals surface area contributed by atoms with E-state index in [4.69, 9.17) is 11.6 Å². The third kappa shape index (κ3) is 4.39. The standard InChI is InChI=1S/C16H17BrClN5O2/c17-13-9-20-14(22-13)15(24)21-8-10-1-2-11(12(18)7-10)16(25)23-5-3-19-4-6-23/h1-2,7,9,19H,3-6,8H2,(H,20,22)(H,21,24). The summed E-state index contributed by atoms with van der Waals surface area (Å²) in [4.78, 5) is 33.0. The third-order valence-corrected chi connectivity index (χ3v) is 4.60. The molecule has 0 atom stereocenters. The highest BCUT2D eigenvalue weighted by molar-refractivity contribution is 9.10. The number of hydrogen-bond donors (Lipinski definition) is 3. The quantitative estimate of drug-likeness (QED) is 0.695. The van der Waals surface area contributed by atoms with Gasteiger partial charge in [0.05, 0.1) is 16.8 Å². The summed E-state index contributed by atoms with van der Waals surface area (Å²) in [6.45, 7) is 3.21. The van der Waals surface area contributed by atoms with Crippen molar-refractivity contribution in [1.29, 1.82) is 0 Å². The van der Waals surface area contributed by atoms with Crippen molar-refractivity contribution < 1.29 is 9.59 Å². The van der Waals surface area contributed by atoms with Crippen molar-refractivity contribution in [3.8, 4) is 0 Å². The van der Waals surface area contributed by atoms with Crippen LogP contribution in [0.25, 0.3) is 0 Å². The Labute approximate surface area is 158 Å². The van der Waals surface area contributed by atoms with Gasteiger partial charge in [-0.05, 0) is 33.6 Å². The molecule has 9 heteroatoms. The van der Waals surface area contributed by atoms with E-state index in [1.807, 2.05) is 0 Å². The molecular formula is C16H17BrClN5O2. The van der Waals surface area contributed by atoms with Crippen molar-refractivity contribution in [3.63, 3.8) is 0 Å². The minimum Gasteiger partial charge on any atom is -0.345 e. The Kier molecular flexibility index (Phi) is 5.72. The molecule has 1 aromatic carbocycles. The number of imidazole rings is 1. The lowest BCUT2D eigenvalue weighted by molar-refractivity contribution is 0.0735. The number of aromatic amines is 1. The van der Waals surface area contributed by atoms with Crippen molar-refractivity contribution in [1.82, 2.24) is 25.5 Å². The number of piperazine rings is 1. The number of aromatic nitrogens is 2. The van der Waals surface area contributed by atoms with Crippen LogP contribution < -0.4 is 10.6 Å². The van der Waals surface area contributed by atoms with Crippen LogP contribution in [0.3, 0.4) is 0 Å². The van der Waals surface area contributed by atoms with Crippen LogP contribution in [0, 0.1) is 0 Å². The molecule has 0 radical (unpaired) electrons. The first-order chi connectivity index (χ1) is 12.0. The molecule has 0 bridgehead atoms. The summed E-state index contributed by atoms with van der Waals surface area (Å²) in [7, 11) is 0. The van der Waals surface area contributed by atoms with Gasteiger partial charge in [0.15, 0.2) is 5.82 Å². The van der Waals surface area contributed by atoms with Gasteiger partial charge >= 0.3 is 0 Å². The smallest absolute Gasteiger partial charge is 0.287 e. The van der Waals surface area contributed by atoms with Crippen molar-refractivity contribution in [2.75, 3.05) is 26.2 Å². The van der Waals surface area contributed by atoms with Gasteiger partial charge in [-0.15, -0.1) is 0 Å². The fraction of sp³-hybridized carbons (Fsp3) is 0.312. The van der Waals surface area contributed by atoms with Crippen molar-refractivity contribution in [2.45, 2.75) is 6.54 Å². The largest absolute Gasteiger partial charge is 0.345 e. The van der Waals surface area contributed by atoms with Gasteiger partial charge in [0.2, 0.25) is 0 Å². The normalized spacial score (nSPS) is 14.4. The fourth-order valence-corrected chi connectivity index (χ4v) is 3.13. The molecule has 0 saturated carbocycles. The number of carbonyl (C=O) groups excluding carboxylic acids is 2. The predicted molar refractivity (Wildman–Crippen MR) is 97.7 cm³/mol. The number of carbonyl (C=O) groups is 2. The summed E-state index contributed by atoms with van der Waals surface area (Å²) in [5.74, 6) is -0.159. The number of H-pyrrole nitrogens is 1. The molecule has 0 aliphatic carbocycles. The van der Waals surface area contributed by atoms with E-state index in [1.165, 1.54) is 6.20 Å². The Balaban J connectivity index is 1.63. The molecule has 1 aromatic heterocycles. The van der Waals surface area contributed by atoms with Crippen molar-refractivity contribution in [3.05, 3.63) is 51.0 Å². The molecule has 3 N–H and O–H groups in total. The minimum absolute atomic E-state index is 0.0671. The minimum atomic E-state index is -0.317. The Morgan fingerprint density at radius 3 is 2.72 bits per heavy atom. The summed E-state index contributed by atoms with van der Waals surface area (Å²) in [5, 5.41) is 6.35. The second-order valence-electron chi connectivity index (χ2n) is 5.62. The highest BCUT2D eigenvalue weighted by atomic mass is 79.9. The van der Waals surface area contributed by atoms with Gasteiger partial charge in [-0.3, -0.25) is 9.59 Å². The summed E-state index contributed by atoms with van der Waals surface area (Å²) in [6.07, 6.45) is 1.52. The molecular weight excluding hydrogens is 410 g/mol. The van der Waals surface area contributed by atoms with Crippen molar-refractivity contribution >= 4 is 39.3 Å². The molecule has 1 saturated heterocycles. The molecule has 7 nitrogen and oxygen atoms in total. The second kappa shape index (κ2) is 7.99. The topological polar surface area (TPSA) is 90.1 Å².